The maximum Gasteiger partial charge on any atom is 0.264 e. The van der Waals surface area contributed by atoms with Gasteiger partial charge in [-0.25, -0.2) is 13.4 Å². The second-order valence-electron chi connectivity index (χ2n) is 6.32. The average Bonchev–Trinajstić information content (AvgIpc) is 2.67. The van der Waals surface area contributed by atoms with E-state index in [4.69, 9.17) is 23.2 Å². The summed E-state index contributed by atoms with van der Waals surface area (Å²) in [7, 11) is -3.93. The van der Waals surface area contributed by atoms with Gasteiger partial charge in [0.2, 0.25) is 0 Å². The van der Waals surface area contributed by atoms with Gasteiger partial charge >= 0.3 is 0 Å². The van der Waals surface area contributed by atoms with E-state index >= 15 is 0 Å². The number of benzene rings is 1. The number of halogens is 2. The van der Waals surface area contributed by atoms with Gasteiger partial charge in [0.15, 0.2) is 5.82 Å². The number of nitrogens with zero attached hydrogens (tertiary/aromatic N) is 3. The summed E-state index contributed by atoms with van der Waals surface area (Å²) in [5, 5.41) is 4.50. The number of fused-ring (bicyclic) bond motifs is 1. The number of hydrogen-bond donors (Lipinski definition) is 2. The summed E-state index contributed by atoms with van der Waals surface area (Å²) in [6.45, 7) is 3.18. The first kappa shape index (κ1) is 19.2. The Labute approximate surface area is 172 Å². The second kappa shape index (κ2) is 7.71. The van der Waals surface area contributed by atoms with Gasteiger partial charge in [0.1, 0.15) is 16.2 Å². The van der Waals surface area contributed by atoms with Crippen LogP contribution in [-0.2, 0) is 10.0 Å². The van der Waals surface area contributed by atoms with Crippen LogP contribution in [0.4, 0.5) is 11.6 Å². The minimum absolute atomic E-state index is 0.0461. The number of nitrogens with one attached hydrogen (secondary N) is 2. The lowest BCUT2D eigenvalue weighted by Crippen LogP contribution is -2.44. The number of hydrogen-bond acceptors (Lipinski definition) is 6. The van der Waals surface area contributed by atoms with E-state index in [2.05, 4.69) is 24.9 Å². The largest absolute Gasteiger partial charge is 0.352 e. The van der Waals surface area contributed by atoms with E-state index in [1.807, 2.05) is 6.07 Å². The fraction of sp³-hybridized carbons (Fsp3) is 0.222. The van der Waals surface area contributed by atoms with Crippen molar-refractivity contribution in [3.05, 3.63) is 52.6 Å². The molecule has 4 rings (SSSR count). The van der Waals surface area contributed by atoms with Gasteiger partial charge < -0.3 is 10.2 Å². The smallest absolute Gasteiger partial charge is 0.264 e. The predicted octanol–water partition coefficient (Wildman–Crippen LogP) is 3.15. The fourth-order valence-corrected chi connectivity index (χ4v) is 4.87. The normalized spacial score (nSPS) is 15.0. The Kier molecular flexibility index (Phi) is 5.29. The van der Waals surface area contributed by atoms with Crippen molar-refractivity contribution in [1.29, 1.82) is 0 Å². The fourth-order valence-electron chi connectivity index (χ4n) is 3.10. The van der Waals surface area contributed by atoms with Gasteiger partial charge in [0.25, 0.3) is 10.0 Å². The number of pyridine rings is 2. The summed E-state index contributed by atoms with van der Waals surface area (Å²) in [4.78, 5) is 11.0. The van der Waals surface area contributed by atoms with Crippen molar-refractivity contribution in [2.75, 3.05) is 35.8 Å². The molecule has 0 unspecified atom stereocenters. The predicted molar refractivity (Wildman–Crippen MR) is 112 cm³/mol. The summed E-state index contributed by atoms with van der Waals surface area (Å²) in [6, 6.07) is 9.58. The summed E-state index contributed by atoms with van der Waals surface area (Å²) < 4.78 is 28.2. The van der Waals surface area contributed by atoms with E-state index in [1.54, 1.807) is 18.3 Å². The Balaban J connectivity index is 1.76. The van der Waals surface area contributed by atoms with Crippen LogP contribution in [-0.4, -0.2) is 44.6 Å². The third kappa shape index (κ3) is 3.86. The molecule has 0 atom stereocenters. The van der Waals surface area contributed by atoms with Crippen molar-refractivity contribution < 1.29 is 8.42 Å². The molecule has 1 aliphatic heterocycles. The van der Waals surface area contributed by atoms with Crippen LogP contribution < -0.4 is 14.9 Å². The molecular weight excluding hydrogens is 421 g/mol. The first-order chi connectivity index (χ1) is 13.4. The van der Waals surface area contributed by atoms with E-state index in [0.717, 1.165) is 37.1 Å². The summed E-state index contributed by atoms with van der Waals surface area (Å²) in [5.74, 6) is 0.861. The van der Waals surface area contributed by atoms with Gasteiger partial charge in [-0.2, -0.15) is 0 Å². The van der Waals surface area contributed by atoms with E-state index in [9.17, 15) is 8.42 Å². The number of rotatable bonds is 4. The van der Waals surface area contributed by atoms with Gasteiger partial charge in [-0.15, -0.1) is 0 Å². The van der Waals surface area contributed by atoms with Gasteiger partial charge in [0.05, 0.1) is 5.02 Å². The van der Waals surface area contributed by atoms with Crippen molar-refractivity contribution in [1.82, 2.24) is 15.3 Å². The quantitative estimate of drug-likeness (QED) is 0.651. The molecule has 1 aromatic carbocycles. The Morgan fingerprint density at radius 1 is 1.11 bits per heavy atom. The van der Waals surface area contributed by atoms with Crippen LogP contribution in [0.2, 0.25) is 10.0 Å². The lowest BCUT2D eigenvalue weighted by molar-refractivity contribution is 0.586. The molecule has 3 heterocycles. The zero-order valence-electron chi connectivity index (χ0n) is 14.7. The first-order valence-electron chi connectivity index (χ1n) is 8.63. The number of piperazine rings is 1. The molecule has 0 aliphatic carbocycles. The average molecular weight is 438 g/mol. The van der Waals surface area contributed by atoms with Crippen LogP contribution in [0.25, 0.3) is 10.9 Å². The van der Waals surface area contributed by atoms with E-state index in [-0.39, 0.29) is 15.7 Å². The first-order valence-corrected chi connectivity index (χ1v) is 10.9. The van der Waals surface area contributed by atoms with Crippen LogP contribution in [0.15, 0.2) is 47.5 Å². The minimum atomic E-state index is -3.93. The summed E-state index contributed by atoms with van der Waals surface area (Å²) >= 11 is 11.9. The van der Waals surface area contributed by atoms with E-state index in [1.165, 1.54) is 18.2 Å². The number of aromatic nitrogens is 2. The van der Waals surface area contributed by atoms with Crippen LogP contribution in [0.5, 0.6) is 0 Å². The Hall–Kier alpha value is -2.13. The topological polar surface area (TPSA) is 87.2 Å². The summed E-state index contributed by atoms with van der Waals surface area (Å²) in [5.41, 5.74) is 0.733. The molecule has 0 radical (unpaired) electrons. The third-order valence-corrected chi connectivity index (χ3v) is 6.48. The van der Waals surface area contributed by atoms with E-state index < -0.39 is 10.0 Å². The molecule has 0 amide bonds. The maximum absolute atomic E-state index is 12.8. The molecule has 2 N–H and O–H groups in total. The Bertz CT molecular complexity index is 1130. The van der Waals surface area contributed by atoms with Crippen molar-refractivity contribution in [2.45, 2.75) is 4.90 Å². The zero-order chi connectivity index (χ0) is 19.7. The van der Waals surface area contributed by atoms with Gasteiger partial charge in [-0.05, 0) is 30.3 Å². The SMILES string of the molecule is O=S(=O)(Nc1cc2cccnc2c(N2CCNCC2)n1)c1ccc(Cl)cc1Cl. The third-order valence-electron chi connectivity index (χ3n) is 4.41. The van der Waals surface area contributed by atoms with Crippen LogP contribution in [0.1, 0.15) is 0 Å². The highest BCUT2D eigenvalue weighted by atomic mass is 35.5. The van der Waals surface area contributed by atoms with Crippen molar-refractivity contribution in [3.63, 3.8) is 0 Å². The molecule has 146 valence electrons. The maximum atomic E-state index is 12.8. The highest BCUT2D eigenvalue weighted by molar-refractivity contribution is 7.92. The molecule has 3 aromatic rings. The monoisotopic (exact) mass is 437 g/mol. The molecule has 1 saturated heterocycles. The van der Waals surface area contributed by atoms with Crippen LogP contribution in [0, 0.1) is 0 Å². The second-order valence-corrected chi connectivity index (χ2v) is 8.82. The molecule has 0 bridgehead atoms. The molecule has 2 aromatic heterocycles. The zero-order valence-corrected chi connectivity index (χ0v) is 17.0. The van der Waals surface area contributed by atoms with Crippen molar-refractivity contribution >= 4 is 55.8 Å². The lowest BCUT2D eigenvalue weighted by atomic mass is 10.2. The van der Waals surface area contributed by atoms with Gasteiger partial charge in [-0.1, -0.05) is 29.3 Å². The molecule has 7 nitrogen and oxygen atoms in total. The highest BCUT2D eigenvalue weighted by Gasteiger charge is 2.22. The molecule has 1 aliphatic rings. The Morgan fingerprint density at radius 2 is 1.89 bits per heavy atom. The lowest BCUT2D eigenvalue weighted by Gasteiger charge is -2.29. The molecule has 10 heteroatoms. The molecule has 28 heavy (non-hydrogen) atoms. The van der Waals surface area contributed by atoms with Crippen molar-refractivity contribution in [3.8, 4) is 0 Å². The number of anilines is 2. The molecule has 1 fully saturated rings. The minimum Gasteiger partial charge on any atom is -0.352 e. The van der Waals surface area contributed by atoms with Gasteiger partial charge in [-0.3, -0.25) is 9.71 Å². The summed E-state index contributed by atoms with van der Waals surface area (Å²) in [6.07, 6.45) is 1.70. The number of sulfonamides is 1. The van der Waals surface area contributed by atoms with Crippen LogP contribution in [0.3, 0.4) is 0 Å². The standard InChI is InChI=1S/C18H17Cl2N5O2S/c19-13-3-4-15(14(20)11-13)28(26,27)24-16-10-12-2-1-5-22-17(12)18(23-16)25-8-6-21-7-9-25/h1-5,10-11,21H,6-9H2,(H,23,24). The van der Waals surface area contributed by atoms with E-state index in [0.29, 0.717) is 10.8 Å². The molecular formula is C18H17Cl2N5O2S. The molecule has 0 spiro atoms. The van der Waals surface area contributed by atoms with Gasteiger partial charge in [0, 0.05) is 42.8 Å². The molecule has 0 saturated carbocycles. The Morgan fingerprint density at radius 3 is 2.64 bits per heavy atom. The highest BCUT2D eigenvalue weighted by Crippen LogP contribution is 2.29. The van der Waals surface area contributed by atoms with Crippen LogP contribution >= 0.6 is 23.2 Å². The van der Waals surface area contributed by atoms with Crippen molar-refractivity contribution in [2.24, 2.45) is 0 Å².